The molecule has 0 radical (unpaired) electrons. The Labute approximate surface area is 143 Å². The van der Waals surface area contributed by atoms with E-state index in [2.05, 4.69) is 5.32 Å². The molecule has 4 nitrogen and oxygen atoms in total. The van der Waals surface area contributed by atoms with Gasteiger partial charge in [-0.05, 0) is 62.1 Å². The summed E-state index contributed by atoms with van der Waals surface area (Å²) in [4.78, 5) is 12.6. The molecule has 24 heavy (non-hydrogen) atoms. The molecule has 0 fully saturated rings. The normalized spacial score (nSPS) is 11.7. The van der Waals surface area contributed by atoms with E-state index in [1.807, 2.05) is 64.1 Å². The number of carbonyl (C=O) groups is 1. The minimum absolute atomic E-state index is 0.178. The molecule has 0 bridgehead atoms. The third-order valence-corrected chi connectivity index (χ3v) is 4.10. The van der Waals surface area contributed by atoms with Crippen molar-refractivity contribution in [1.29, 1.82) is 0 Å². The number of nitrogens with one attached hydrogen (secondary N) is 1. The predicted octanol–water partition coefficient (Wildman–Crippen LogP) is 4.42. The second kappa shape index (κ2) is 7.86. The number of methoxy groups -OCH3 is 1. The summed E-state index contributed by atoms with van der Waals surface area (Å²) in [5, 5.41) is 2.92. The number of ether oxygens (including phenoxy) is 2. The highest BCUT2D eigenvalue weighted by molar-refractivity contribution is 5.95. The lowest BCUT2D eigenvalue weighted by Crippen LogP contribution is -2.32. The van der Waals surface area contributed by atoms with Gasteiger partial charge in [0.15, 0.2) is 6.10 Å². The Bertz CT molecular complexity index is 725. The molecule has 2 aromatic rings. The summed E-state index contributed by atoms with van der Waals surface area (Å²) in [7, 11) is 1.59. The van der Waals surface area contributed by atoms with Gasteiger partial charge in [-0.25, -0.2) is 0 Å². The first-order chi connectivity index (χ1) is 11.5. The van der Waals surface area contributed by atoms with Crippen molar-refractivity contribution in [3.63, 3.8) is 0 Å². The molecule has 1 unspecified atom stereocenters. The van der Waals surface area contributed by atoms with Crippen LogP contribution in [0, 0.1) is 20.8 Å². The van der Waals surface area contributed by atoms with Crippen LogP contribution in [0.4, 0.5) is 5.69 Å². The van der Waals surface area contributed by atoms with Crippen LogP contribution in [0.3, 0.4) is 0 Å². The lowest BCUT2D eigenvalue weighted by molar-refractivity contribution is -0.122. The monoisotopic (exact) mass is 327 g/mol. The van der Waals surface area contributed by atoms with Gasteiger partial charge in [0, 0.05) is 0 Å². The molecule has 0 spiro atoms. The van der Waals surface area contributed by atoms with Crippen LogP contribution in [-0.2, 0) is 4.79 Å². The topological polar surface area (TPSA) is 47.6 Å². The molecule has 2 rings (SSSR count). The van der Waals surface area contributed by atoms with Gasteiger partial charge in [0.2, 0.25) is 0 Å². The molecule has 4 heteroatoms. The van der Waals surface area contributed by atoms with Crippen molar-refractivity contribution >= 4 is 11.6 Å². The molecule has 1 amide bonds. The third kappa shape index (κ3) is 4.07. The van der Waals surface area contributed by atoms with Crippen molar-refractivity contribution in [2.75, 3.05) is 12.4 Å². The number of hydrogen-bond donors (Lipinski definition) is 1. The minimum atomic E-state index is -0.560. The van der Waals surface area contributed by atoms with Crippen molar-refractivity contribution < 1.29 is 14.3 Å². The number of carbonyl (C=O) groups excluding carboxylic acids is 1. The molecule has 0 heterocycles. The summed E-state index contributed by atoms with van der Waals surface area (Å²) in [5.74, 6) is 1.20. The zero-order valence-corrected chi connectivity index (χ0v) is 15.0. The van der Waals surface area contributed by atoms with E-state index in [1.54, 1.807) is 7.11 Å². The number of amides is 1. The zero-order valence-electron chi connectivity index (χ0n) is 15.0. The quantitative estimate of drug-likeness (QED) is 0.854. The lowest BCUT2D eigenvalue weighted by atomic mass is 10.1. The highest BCUT2D eigenvalue weighted by atomic mass is 16.5. The summed E-state index contributed by atoms with van der Waals surface area (Å²) in [6.07, 6.45) is 0.0172. The van der Waals surface area contributed by atoms with Gasteiger partial charge < -0.3 is 14.8 Å². The van der Waals surface area contributed by atoms with Crippen LogP contribution in [0.5, 0.6) is 11.5 Å². The lowest BCUT2D eigenvalue weighted by Gasteiger charge is -2.20. The van der Waals surface area contributed by atoms with Gasteiger partial charge in [-0.1, -0.05) is 25.1 Å². The van der Waals surface area contributed by atoms with Crippen molar-refractivity contribution in [1.82, 2.24) is 0 Å². The fourth-order valence-electron chi connectivity index (χ4n) is 2.46. The van der Waals surface area contributed by atoms with Crippen LogP contribution >= 0.6 is 0 Å². The second-order valence-electron chi connectivity index (χ2n) is 5.91. The molecule has 0 aliphatic carbocycles. The highest BCUT2D eigenvalue weighted by Gasteiger charge is 2.21. The summed E-state index contributed by atoms with van der Waals surface area (Å²) in [6, 6.07) is 11.5. The van der Waals surface area contributed by atoms with Gasteiger partial charge in [0.1, 0.15) is 11.5 Å². The first-order valence-electron chi connectivity index (χ1n) is 8.14. The fraction of sp³-hybridized carbons (Fsp3) is 0.350. The Morgan fingerprint density at radius 3 is 2.54 bits per heavy atom. The summed E-state index contributed by atoms with van der Waals surface area (Å²) in [6.45, 7) is 7.93. The van der Waals surface area contributed by atoms with E-state index < -0.39 is 6.10 Å². The Morgan fingerprint density at radius 1 is 1.12 bits per heavy atom. The van der Waals surface area contributed by atoms with E-state index in [4.69, 9.17) is 9.47 Å². The standard InChI is InChI=1S/C20H25NO3/c1-6-17(24-18-9-7-8-14(3)15(18)4)20(22)21-16-12-13(2)10-11-19(16)23-5/h7-12,17H,6H2,1-5H3,(H,21,22). The van der Waals surface area contributed by atoms with Gasteiger partial charge in [-0.3, -0.25) is 4.79 Å². The summed E-state index contributed by atoms with van der Waals surface area (Å²) < 4.78 is 11.3. The Kier molecular flexibility index (Phi) is 5.85. The number of rotatable bonds is 6. The summed E-state index contributed by atoms with van der Waals surface area (Å²) in [5.41, 5.74) is 3.90. The molecule has 1 atom stereocenters. The molecule has 0 aromatic heterocycles. The molecular formula is C20H25NO3. The van der Waals surface area contributed by atoms with Gasteiger partial charge >= 0.3 is 0 Å². The Balaban J connectivity index is 2.17. The molecule has 0 aliphatic rings. The van der Waals surface area contributed by atoms with Gasteiger partial charge in [0.25, 0.3) is 5.91 Å². The van der Waals surface area contributed by atoms with Crippen LogP contribution in [0.25, 0.3) is 0 Å². The average Bonchev–Trinajstić information content (AvgIpc) is 2.56. The summed E-state index contributed by atoms with van der Waals surface area (Å²) >= 11 is 0. The van der Waals surface area contributed by atoms with E-state index in [1.165, 1.54) is 0 Å². The minimum Gasteiger partial charge on any atom is -0.495 e. The molecule has 2 aromatic carbocycles. The van der Waals surface area contributed by atoms with Crippen LogP contribution in [0.2, 0.25) is 0 Å². The fourth-order valence-corrected chi connectivity index (χ4v) is 2.46. The van der Waals surface area contributed by atoms with E-state index in [-0.39, 0.29) is 5.91 Å². The van der Waals surface area contributed by atoms with E-state index in [0.717, 1.165) is 22.4 Å². The smallest absolute Gasteiger partial charge is 0.265 e. The predicted molar refractivity (Wildman–Crippen MR) is 97.0 cm³/mol. The van der Waals surface area contributed by atoms with Crippen LogP contribution in [-0.4, -0.2) is 19.1 Å². The third-order valence-electron chi connectivity index (χ3n) is 4.10. The Hall–Kier alpha value is -2.49. The number of benzene rings is 2. The van der Waals surface area contributed by atoms with Crippen LogP contribution in [0.1, 0.15) is 30.0 Å². The average molecular weight is 327 g/mol. The first kappa shape index (κ1) is 17.9. The Morgan fingerprint density at radius 2 is 1.88 bits per heavy atom. The van der Waals surface area contributed by atoms with E-state index >= 15 is 0 Å². The number of anilines is 1. The SMILES string of the molecule is CCC(Oc1cccc(C)c1C)C(=O)Nc1cc(C)ccc1OC. The van der Waals surface area contributed by atoms with Crippen molar-refractivity contribution in [2.45, 2.75) is 40.2 Å². The maximum absolute atomic E-state index is 12.6. The largest absolute Gasteiger partial charge is 0.495 e. The van der Waals surface area contributed by atoms with E-state index in [9.17, 15) is 4.79 Å². The molecule has 0 aliphatic heterocycles. The van der Waals surface area contributed by atoms with Crippen molar-refractivity contribution in [2.24, 2.45) is 0 Å². The zero-order chi connectivity index (χ0) is 17.7. The van der Waals surface area contributed by atoms with Gasteiger partial charge in [-0.2, -0.15) is 0 Å². The van der Waals surface area contributed by atoms with Crippen LogP contribution < -0.4 is 14.8 Å². The van der Waals surface area contributed by atoms with E-state index in [0.29, 0.717) is 17.9 Å². The molecule has 128 valence electrons. The van der Waals surface area contributed by atoms with Gasteiger partial charge in [-0.15, -0.1) is 0 Å². The molecule has 0 saturated carbocycles. The maximum Gasteiger partial charge on any atom is 0.265 e. The molecular weight excluding hydrogens is 302 g/mol. The van der Waals surface area contributed by atoms with Crippen molar-refractivity contribution in [3.05, 3.63) is 53.1 Å². The maximum atomic E-state index is 12.6. The number of aryl methyl sites for hydroxylation is 2. The number of hydrogen-bond acceptors (Lipinski definition) is 3. The van der Waals surface area contributed by atoms with Crippen molar-refractivity contribution in [3.8, 4) is 11.5 Å². The van der Waals surface area contributed by atoms with Crippen LogP contribution in [0.15, 0.2) is 36.4 Å². The highest BCUT2D eigenvalue weighted by Crippen LogP contribution is 2.27. The van der Waals surface area contributed by atoms with Gasteiger partial charge in [0.05, 0.1) is 12.8 Å². The molecule has 0 saturated heterocycles. The first-order valence-corrected chi connectivity index (χ1v) is 8.14. The second-order valence-corrected chi connectivity index (χ2v) is 5.91. The molecule has 1 N–H and O–H groups in total.